The quantitative estimate of drug-likeness (QED) is 0.394. The van der Waals surface area contributed by atoms with Gasteiger partial charge >= 0.3 is 0 Å². The van der Waals surface area contributed by atoms with Gasteiger partial charge in [0.15, 0.2) is 0 Å². The maximum Gasteiger partial charge on any atom is 0.0696 e. The first kappa shape index (κ1) is 23.9. The topological polar surface area (TPSA) is 27.0 Å². The summed E-state index contributed by atoms with van der Waals surface area (Å²) in [5.41, 5.74) is 3.58. The predicted octanol–water partition coefficient (Wildman–Crippen LogP) is 7.17. The van der Waals surface area contributed by atoms with Gasteiger partial charge in [-0.1, -0.05) is 79.6 Å². The third-order valence-corrected chi connectivity index (χ3v) is 6.10. The molecule has 0 heterocycles. The van der Waals surface area contributed by atoms with Crippen molar-refractivity contribution >= 4 is 10.8 Å². The van der Waals surface area contributed by atoms with Crippen molar-refractivity contribution in [3.05, 3.63) is 71.3 Å². The van der Waals surface area contributed by atoms with Crippen molar-refractivity contribution in [3.8, 4) is 6.07 Å². The predicted molar refractivity (Wildman–Crippen MR) is 130 cm³/mol. The van der Waals surface area contributed by atoms with Crippen molar-refractivity contribution in [3.63, 3.8) is 0 Å². The number of nitrogens with zero attached hydrogens (tertiary/aromatic N) is 2. The van der Waals surface area contributed by atoms with Gasteiger partial charge < -0.3 is 0 Å². The first-order valence-corrected chi connectivity index (χ1v) is 11.1. The highest BCUT2D eigenvalue weighted by Gasteiger charge is 2.34. The zero-order valence-electron chi connectivity index (χ0n) is 19.7. The molecule has 2 rings (SSSR count). The van der Waals surface area contributed by atoms with Crippen molar-refractivity contribution in [2.24, 2.45) is 11.3 Å². The molecule has 0 aromatic heterocycles. The van der Waals surface area contributed by atoms with Gasteiger partial charge in [-0.15, -0.1) is 0 Å². The SMILES string of the molecule is CC(C)=CCN(CC=C(C)C)CCC(C#N)(Cc1cccc2ccccc12)C(C)C. The van der Waals surface area contributed by atoms with Crippen molar-refractivity contribution in [2.45, 2.75) is 54.4 Å². The van der Waals surface area contributed by atoms with Crippen molar-refractivity contribution < 1.29 is 0 Å². The van der Waals surface area contributed by atoms with E-state index in [1.807, 2.05) is 0 Å². The molecule has 2 heteroatoms. The molecule has 0 fully saturated rings. The summed E-state index contributed by atoms with van der Waals surface area (Å²) >= 11 is 0. The molecular formula is C28H38N2. The maximum atomic E-state index is 10.3. The Balaban J connectivity index is 2.27. The summed E-state index contributed by atoms with van der Waals surface area (Å²) in [7, 11) is 0. The molecule has 30 heavy (non-hydrogen) atoms. The van der Waals surface area contributed by atoms with Crippen LogP contribution in [-0.2, 0) is 6.42 Å². The fourth-order valence-corrected chi connectivity index (χ4v) is 3.83. The van der Waals surface area contributed by atoms with Gasteiger partial charge in [0.2, 0.25) is 0 Å². The standard InChI is InChI=1S/C28H38N2/c1-22(2)14-17-30(18-15-23(3)4)19-16-28(21-29,24(5)6)20-26-12-9-11-25-10-7-8-13-27(25)26/h7-15,24H,16-20H2,1-6H3. The van der Waals surface area contributed by atoms with Crippen molar-refractivity contribution in [1.29, 1.82) is 5.26 Å². The zero-order valence-corrected chi connectivity index (χ0v) is 19.7. The average Bonchev–Trinajstić information content (AvgIpc) is 2.71. The second-order valence-electron chi connectivity index (χ2n) is 9.31. The molecule has 0 saturated carbocycles. The molecule has 0 amide bonds. The van der Waals surface area contributed by atoms with E-state index in [1.165, 1.54) is 27.5 Å². The third-order valence-electron chi connectivity index (χ3n) is 6.10. The molecule has 0 N–H and O–H groups in total. The maximum absolute atomic E-state index is 10.3. The van der Waals surface area contributed by atoms with Gasteiger partial charge in [0.25, 0.3) is 0 Å². The fourth-order valence-electron chi connectivity index (χ4n) is 3.83. The van der Waals surface area contributed by atoms with E-state index in [4.69, 9.17) is 0 Å². The number of nitriles is 1. The van der Waals surface area contributed by atoms with Crippen LogP contribution in [0.4, 0.5) is 0 Å². The molecule has 0 spiro atoms. The fraction of sp³-hybridized carbons (Fsp3) is 0.464. The lowest BCUT2D eigenvalue weighted by Crippen LogP contribution is -2.35. The minimum atomic E-state index is -0.377. The highest BCUT2D eigenvalue weighted by Crippen LogP contribution is 2.37. The minimum Gasteiger partial charge on any atom is -0.296 e. The average molecular weight is 403 g/mol. The lowest BCUT2D eigenvalue weighted by Gasteiger charge is -2.33. The molecule has 0 aliphatic rings. The molecule has 0 bridgehead atoms. The summed E-state index contributed by atoms with van der Waals surface area (Å²) in [5.74, 6) is 0.287. The summed E-state index contributed by atoms with van der Waals surface area (Å²) in [6, 6.07) is 17.7. The van der Waals surface area contributed by atoms with E-state index in [0.717, 1.165) is 32.5 Å². The Bertz CT molecular complexity index is 896. The first-order valence-electron chi connectivity index (χ1n) is 11.1. The van der Waals surface area contributed by atoms with E-state index in [9.17, 15) is 5.26 Å². The monoisotopic (exact) mass is 402 g/mol. The van der Waals surface area contributed by atoms with Crippen LogP contribution in [-0.4, -0.2) is 24.5 Å². The van der Waals surface area contributed by atoms with E-state index in [0.29, 0.717) is 0 Å². The summed E-state index contributed by atoms with van der Waals surface area (Å²) in [6.07, 6.45) is 6.24. The summed E-state index contributed by atoms with van der Waals surface area (Å²) in [4.78, 5) is 2.46. The van der Waals surface area contributed by atoms with Crippen molar-refractivity contribution in [1.82, 2.24) is 4.90 Å². The lowest BCUT2D eigenvalue weighted by molar-refractivity contribution is 0.206. The Labute approximate surface area is 183 Å². The van der Waals surface area contributed by atoms with Crippen LogP contribution in [0.25, 0.3) is 10.8 Å². The van der Waals surface area contributed by atoms with Gasteiger partial charge in [-0.05, 0) is 62.8 Å². The summed E-state index contributed by atoms with van der Waals surface area (Å²) in [5, 5.41) is 12.9. The van der Waals surface area contributed by atoms with Gasteiger partial charge in [-0.25, -0.2) is 0 Å². The molecule has 160 valence electrons. The van der Waals surface area contributed by atoms with Gasteiger partial charge in [0, 0.05) is 19.6 Å². The highest BCUT2D eigenvalue weighted by atomic mass is 15.1. The van der Waals surface area contributed by atoms with Crippen LogP contribution in [0.15, 0.2) is 65.8 Å². The molecule has 0 saturated heterocycles. The molecular weight excluding hydrogens is 364 g/mol. The third kappa shape index (κ3) is 6.57. The Kier molecular flexibility index (Phi) is 8.88. The minimum absolute atomic E-state index is 0.287. The van der Waals surface area contributed by atoms with Crippen molar-refractivity contribution in [2.75, 3.05) is 19.6 Å². The second-order valence-corrected chi connectivity index (χ2v) is 9.31. The van der Waals surface area contributed by atoms with E-state index in [2.05, 4.69) is 107 Å². The Morgan fingerprint density at radius 3 is 2.13 bits per heavy atom. The van der Waals surface area contributed by atoms with Crippen LogP contribution < -0.4 is 0 Å². The summed E-state index contributed by atoms with van der Waals surface area (Å²) < 4.78 is 0. The highest BCUT2D eigenvalue weighted by molar-refractivity contribution is 5.85. The van der Waals surface area contributed by atoms with Crippen LogP contribution in [0.2, 0.25) is 0 Å². The molecule has 2 aromatic rings. The van der Waals surface area contributed by atoms with Gasteiger partial charge in [0.05, 0.1) is 11.5 Å². The van der Waals surface area contributed by atoms with E-state index in [1.54, 1.807) is 0 Å². The van der Waals surface area contributed by atoms with Crippen LogP contribution >= 0.6 is 0 Å². The summed E-state index contributed by atoms with van der Waals surface area (Å²) in [6.45, 7) is 15.8. The molecule has 0 radical (unpaired) electrons. The normalized spacial score (nSPS) is 13.2. The van der Waals surface area contributed by atoms with E-state index in [-0.39, 0.29) is 11.3 Å². The molecule has 0 aliphatic carbocycles. The van der Waals surface area contributed by atoms with E-state index >= 15 is 0 Å². The molecule has 2 aromatic carbocycles. The lowest BCUT2D eigenvalue weighted by atomic mass is 9.71. The number of hydrogen-bond acceptors (Lipinski definition) is 2. The van der Waals surface area contributed by atoms with Crippen LogP contribution in [0.5, 0.6) is 0 Å². The Morgan fingerprint density at radius 2 is 1.57 bits per heavy atom. The van der Waals surface area contributed by atoms with Gasteiger partial charge in [0.1, 0.15) is 0 Å². The molecule has 1 unspecified atom stereocenters. The first-order chi connectivity index (χ1) is 14.3. The van der Waals surface area contributed by atoms with Gasteiger partial charge in [-0.3, -0.25) is 4.90 Å². The number of fused-ring (bicyclic) bond motifs is 1. The number of benzene rings is 2. The Morgan fingerprint density at radius 1 is 0.967 bits per heavy atom. The number of rotatable bonds is 10. The molecule has 0 aliphatic heterocycles. The molecule has 2 nitrogen and oxygen atoms in total. The largest absolute Gasteiger partial charge is 0.296 e. The van der Waals surface area contributed by atoms with Gasteiger partial charge in [-0.2, -0.15) is 5.26 Å². The second kappa shape index (κ2) is 11.1. The molecule has 1 atom stereocenters. The van der Waals surface area contributed by atoms with Crippen LogP contribution in [0.3, 0.4) is 0 Å². The Hall–Kier alpha value is -2.37. The smallest absolute Gasteiger partial charge is 0.0696 e. The van der Waals surface area contributed by atoms with Crippen LogP contribution in [0.1, 0.15) is 53.5 Å². The van der Waals surface area contributed by atoms with Crippen LogP contribution in [0, 0.1) is 22.7 Å². The zero-order chi connectivity index (χ0) is 22.1. The number of hydrogen-bond donors (Lipinski definition) is 0. The number of allylic oxidation sites excluding steroid dienone is 2. The van der Waals surface area contributed by atoms with E-state index < -0.39 is 0 Å².